The lowest BCUT2D eigenvalue weighted by atomic mass is 9.94. The quantitative estimate of drug-likeness (QED) is 0.678. The van der Waals surface area contributed by atoms with Crippen LogP contribution in [0.4, 0.5) is 0 Å². The number of hydrogen-bond acceptors (Lipinski definition) is 2. The molecule has 0 bridgehead atoms. The van der Waals surface area contributed by atoms with Crippen molar-refractivity contribution in [1.29, 1.82) is 0 Å². The largest absolute Gasteiger partial charge is 0.378 e. The number of carbonyl (C=O) groups excluding carboxylic acids is 1. The first kappa shape index (κ1) is 16.4. The van der Waals surface area contributed by atoms with Crippen LogP contribution in [0.5, 0.6) is 0 Å². The smallest absolute Gasteiger partial charge is 0.160 e. The average Bonchev–Trinajstić information content (AvgIpc) is 2.53. The summed E-state index contributed by atoms with van der Waals surface area (Å²) in [6.45, 7) is 6.59. The summed E-state index contributed by atoms with van der Waals surface area (Å²) in [5.41, 5.74) is 4.01. The zero-order chi connectivity index (χ0) is 15.9. The summed E-state index contributed by atoms with van der Waals surface area (Å²) >= 11 is 0. The maximum absolute atomic E-state index is 12.0. The van der Waals surface area contributed by atoms with E-state index in [1.807, 2.05) is 42.5 Å². The van der Waals surface area contributed by atoms with Gasteiger partial charge in [0.25, 0.3) is 0 Å². The van der Waals surface area contributed by atoms with E-state index in [1.165, 1.54) is 0 Å². The Balaban J connectivity index is 2.26. The summed E-state index contributed by atoms with van der Waals surface area (Å²) in [6.07, 6.45) is 2.02. The second-order valence-electron chi connectivity index (χ2n) is 5.69. The Kier molecular flexibility index (Phi) is 5.91. The molecule has 0 saturated heterocycles. The first-order valence-corrected chi connectivity index (χ1v) is 7.92. The molecule has 0 amide bonds. The summed E-state index contributed by atoms with van der Waals surface area (Å²) < 4.78 is 5.73. The topological polar surface area (TPSA) is 26.3 Å². The number of ether oxygens (including phenoxy) is 1. The van der Waals surface area contributed by atoms with E-state index in [1.54, 1.807) is 6.92 Å². The van der Waals surface area contributed by atoms with Crippen molar-refractivity contribution in [3.63, 3.8) is 0 Å². The minimum atomic E-state index is 0.0998. The van der Waals surface area contributed by atoms with Gasteiger partial charge in [0.1, 0.15) is 0 Å². The Bertz CT molecular complexity index is 617. The molecule has 0 aliphatic carbocycles. The fourth-order valence-corrected chi connectivity index (χ4v) is 2.59. The standard InChI is InChI=1S/C20H24O2/c1-4-12-22-15(2)13-17-10-11-19(20(14-17)16(3)21)18-8-6-5-7-9-18/h5-11,14-15H,4,12-13H2,1-3H3. The van der Waals surface area contributed by atoms with Crippen molar-refractivity contribution < 1.29 is 9.53 Å². The summed E-state index contributed by atoms with van der Waals surface area (Å²) in [7, 11) is 0. The van der Waals surface area contributed by atoms with Gasteiger partial charge < -0.3 is 4.74 Å². The fourth-order valence-electron chi connectivity index (χ4n) is 2.59. The van der Waals surface area contributed by atoms with E-state index in [2.05, 4.69) is 19.9 Å². The number of ketones is 1. The third-order valence-corrected chi connectivity index (χ3v) is 3.68. The minimum absolute atomic E-state index is 0.0998. The molecule has 0 spiro atoms. The van der Waals surface area contributed by atoms with Crippen LogP contribution >= 0.6 is 0 Å². The Hall–Kier alpha value is -1.93. The highest BCUT2D eigenvalue weighted by Crippen LogP contribution is 2.25. The summed E-state index contributed by atoms with van der Waals surface area (Å²) in [5, 5.41) is 0. The molecule has 2 heteroatoms. The molecular weight excluding hydrogens is 272 g/mol. The highest BCUT2D eigenvalue weighted by Gasteiger charge is 2.12. The molecule has 0 aliphatic rings. The zero-order valence-corrected chi connectivity index (χ0v) is 13.6. The maximum atomic E-state index is 12.0. The van der Waals surface area contributed by atoms with Crippen molar-refractivity contribution in [2.75, 3.05) is 6.61 Å². The molecule has 2 aromatic carbocycles. The van der Waals surface area contributed by atoms with E-state index < -0.39 is 0 Å². The summed E-state index contributed by atoms with van der Waals surface area (Å²) in [5.74, 6) is 0.0998. The van der Waals surface area contributed by atoms with Crippen LogP contribution in [0.15, 0.2) is 48.5 Å². The third-order valence-electron chi connectivity index (χ3n) is 3.68. The lowest BCUT2D eigenvalue weighted by Gasteiger charge is -2.14. The van der Waals surface area contributed by atoms with Gasteiger partial charge >= 0.3 is 0 Å². The van der Waals surface area contributed by atoms with Crippen molar-refractivity contribution in [1.82, 2.24) is 0 Å². The van der Waals surface area contributed by atoms with E-state index >= 15 is 0 Å². The lowest BCUT2D eigenvalue weighted by Crippen LogP contribution is -2.12. The van der Waals surface area contributed by atoms with E-state index in [9.17, 15) is 4.79 Å². The van der Waals surface area contributed by atoms with Gasteiger partial charge in [0.15, 0.2) is 5.78 Å². The number of rotatable bonds is 7. The van der Waals surface area contributed by atoms with E-state index in [-0.39, 0.29) is 11.9 Å². The number of benzene rings is 2. The molecule has 2 rings (SSSR count). The van der Waals surface area contributed by atoms with E-state index in [0.29, 0.717) is 0 Å². The maximum Gasteiger partial charge on any atom is 0.160 e. The van der Waals surface area contributed by atoms with Crippen molar-refractivity contribution in [2.24, 2.45) is 0 Å². The van der Waals surface area contributed by atoms with Crippen molar-refractivity contribution >= 4 is 5.78 Å². The van der Waals surface area contributed by atoms with Gasteiger partial charge in [-0.3, -0.25) is 4.79 Å². The Morgan fingerprint density at radius 2 is 1.86 bits per heavy atom. The van der Waals surface area contributed by atoms with E-state index in [0.717, 1.165) is 41.7 Å². The molecule has 1 unspecified atom stereocenters. The Labute approximate surface area is 133 Å². The second-order valence-corrected chi connectivity index (χ2v) is 5.69. The highest BCUT2D eigenvalue weighted by atomic mass is 16.5. The highest BCUT2D eigenvalue weighted by molar-refractivity contribution is 6.01. The van der Waals surface area contributed by atoms with Gasteiger partial charge in [0.05, 0.1) is 6.10 Å². The third kappa shape index (κ3) is 4.28. The number of carbonyl (C=O) groups is 1. The normalized spacial score (nSPS) is 12.1. The van der Waals surface area contributed by atoms with Crippen LogP contribution in [-0.2, 0) is 11.2 Å². The fraction of sp³-hybridized carbons (Fsp3) is 0.350. The van der Waals surface area contributed by atoms with Crippen LogP contribution in [-0.4, -0.2) is 18.5 Å². The predicted molar refractivity (Wildman–Crippen MR) is 91.3 cm³/mol. The lowest BCUT2D eigenvalue weighted by molar-refractivity contribution is 0.0669. The first-order chi connectivity index (χ1) is 10.6. The van der Waals surface area contributed by atoms with Crippen LogP contribution in [0.3, 0.4) is 0 Å². The van der Waals surface area contributed by atoms with Crippen LogP contribution in [0.1, 0.15) is 43.1 Å². The molecule has 2 aromatic rings. The monoisotopic (exact) mass is 296 g/mol. The second kappa shape index (κ2) is 7.90. The summed E-state index contributed by atoms with van der Waals surface area (Å²) in [4.78, 5) is 12.0. The van der Waals surface area contributed by atoms with Crippen LogP contribution in [0, 0.1) is 0 Å². The molecule has 0 aliphatic heterocycles. The molecule has 0 fully saturated rings. The Morgan fingerprint density at radius 3 is 2.50 bits per heavy atom. The van der Waals surface area contributed by atoms with Gasteiger partial charge in [0, 0.05) is 12.2 Å². The molecule has 2 nitrogen and oxygen atoms in total. The van der Waals surface area contributed by atoms with Crippen molar-refractivity contribution in [3.8, 4) is 11.1 Å². The number of hydrogen-bond donors (Lipinski definition) is 0. The van der Waals surface area contributed by atoms with Crippen LogP contribution in [0.2, 0.25) is 0 Å². The molecule has 116 valence electrons. The number of Topliss-reactive ketones (excluding diaryl/α,β-unsaturated/α-hetero) is 1. The SMILES string of the molecule is CCCOC(C)Cc1ccc(-c2ccccc2)c(C(C)=O)c1. The van der Waals surface area contributed by atoms with Crippen molar-refractivity contribution in [2.45, 2.75) is 39.7 Å². The predicted octanol–water partition coefficient (Wildman–Crippen LogP) is 4.91. The average molecular weight is 296 g/mol. The molecule has 0 N–H and O–H groups in total. The molecule has 22 heavy (non-hydrogen) atoms. The summed E-state index contributed by atoms with van der Waals surface area (Å²) in [6, 6.07) is 16.2. The van der Waals surface area contributed by atoms with Gasteiger partial charge in [0.2, 0.25) is 0 Å². The van der Waals surface area contributed by atoms with Gasteiger partial charge in [-0.15, -0.1) is 0 Å². The molecule has 0 saturated carbocycles. The van der Waals surface area contributed by atoms with Gasteiger partial charge in [-0.05, 0) is 49.4 Å². The minimum Gasteiger partial charge on any atom is -0.378 e. The van der Waals surface area contributed by atoms with Gasteiger partial charge in [-0.25, -0.2) is 0 Å². The van der Waals surface area contributed by atoms with Crippen molar-refractivity contribution in [3.05, 3.63) is 59.7 Å². The van der Waals surface area contributed by atoms with Gasteiger partial charge in [-0.1, -0.05) is 49.4 Å². The Morgan fingerprint density at radius 1 is 1.14 bits per heavy atom. The van der Waals surface area contributed by atoms with Gasteiger partial charge in [-0.2, -0.15) is 0 Å². The first-order valence-electron chi connectivity index (χ1n) is 7.92. The van der Waals surface area contributed by atoms with Crippen LogP contribution in [0.25, 0.3) is 11.1 Å². The van der Waals surface area contributed by atoms with Crippen LogP contribution < -0.4 is 0 Å². The molecule has 0 heterocycles. The molecule has 0 aromatic heterocycles. The van der Waals surface area contributed by atoms with E-state index in [4.69, 9.17) is 4.74 Å². The molecule has 1 atom stereocenters. The zero-order valence-electron chi connectivity index (χ0n) is 13.6. The molecule has 0 radical (unpaired) electrons. The molecular formula is C20H24O2.